The van der Waals surface area contributed by atoms with Crippen molar-refractivity contribution in [3.63, 3.8) is 0 Å². The molecule has 0 spiro atoms. The molecule has 0 aliphatic heterocycles. The van der Waals surface area contributed by atoms with Gasteiger partial charge in [0.2, 0.25) is 0 Å². The lowest BCUT2D eigenvalue weighted by Crippen LogP contribution is -2.41. The van der Waals surface area contributed by atoms with Gasteiger partial charge >= 0.3 is 0 Å². The average Bonchev–Trinajstić information content (AvgIpc) is 2.93. The van der Waals surface area contributed by atoms with Crippen LogP contribution < -0.4 is 5.32 Å². The quantitative estimate of drug-likeness (QED) is 0.650. The van der Waals surface area contributed by atoms with Crippen molar-refractivity contribution >= 4 is 0 Å². The zero-order valence-electron chi connectivity index (χ0n) is 13.0. The Morgan fingerprint density at radius 2 is 1.95 bits per heavy atom. The molecule has 1 rings (SSSR count). The van der Waals surface area contributed by atoms with E-state index in [0.29, 0.717) is 0 Å². The van der Waals surface area contributed by atoms with E-state index in [1.807, 2.05) is 6.92 Å². The number of hydrogen-bond donors (Lipinski definition) is 1. The second-order valence-corrected chi connectivity index (χ2v) is 6.00. The number of rotatable bonds is 9. The van der Waals surface area contributed by atoms with Crippen LogP contribution in [0, 0.1) is 11.3 Å². The van der Waals surface area contributed by atoms with Gasteiger partial charge in [-0.1, -0.05) is 26.7 Å². The van der Waals surface area contributed by atoms with E-state index < -0.39 is 0 Å². The van der Waals surface area contributed by atoms with Crippen LogP contribution >= 0.6 is 0 Å². The summed E-state index contributed by atoms with van der Waals surface area (Å²) in [6.45, 7) is 9.60. The Labute approximate surface area is 119 Å². The van der Waals surface area contributed by atoms with Gasteiger partial charge in [-0.25, -0.2) is 0 Å². The summed E-state index contributed by atoms with van der Waals surface area (Å²) in [4.78, 5) is 2.64. The van der Waals surface area contributed by atoms with Crippen molar-refractivity contribution in [2.75, 3.05) is 19.6 Å². The van der Waals surface area contributed by atoms with Crippen LogP contribution in [0.4, 0.5) is 0 Å². The minimum atomic E-state index is -0.334. The monoisotopic (exact) mass is 265 g/mol. The summed E-state index contributed by atoms with van der Waals surface area (Å²) in [5, 5.41) is 12.5. The van der Waals surface area contributed by atoms with Gasteiger partial charge < -0.3 is 4.90 Å². The summed E-state index contributed by atoms with van der Waals surface area (Å²) >= 11 is 0. The fraction of sp³-hybridized carbons (Fsp3) is 0.938. The standard InChI is InChI=1S/C16H31N3/c1-4-18-16(3,14-17)12-8-9-13-19(5-2)15-10-6-7-11-15/h15,18H,4-13H2,1-3H3. The Hall–Kier alpha value is -0.590. The summed E-state index contributed by atoms with van der Waals surface area (Å²) in [6, 6.07) is 3.25. The van der Waals surface area contributed by atoms with Crippen molar-refractivity contribution < 1.29 is 0 Å². The molecule has 0 heterocycles. The highest BCUT2D eigenvalue weighted by Gasteiger charge is 2.23. The molecule has 0 bridgehead atoms. The van der Waals surface area contributed by atoms with Gasteiger partial charge in [-0.3, -0.25) is 5.32 Å². The van der Waals surface area contributed by atoms with E-state index in [1.54, 1.807) is 0 Å². The molecule has 0 saturated heterocycles. The number of nitrogens with one attached hydrogen (secondary N) is 1. The molecule has 1 aliphatic carbocycles. The molecule has 1 unspecified atom stereocenters. The van der Waals surface area contributed by atoms with Gasteiger partial charge in [0.25, 0.3) is 0 Å². The Morgan fingerprint density at radius 3 is 2.47 bits per heavy atom. The highest BCUT2D eigenvalue weighted by molar-refractivity contribution is 5.03. The largest absolute Gasteiger partial charge is 0.301 e. The first-order valence-corrected chi connectivity index (χ1v) is 8.05. The molecule has 19 heavy (non-hydrogen) atoms. The fourth-order valence-electron chi connectivity index (χ4n) is 3.24. The van der Waals surface area contributed by atoms with Crippen molar-refractivity contribution in [1.29, 1.82) is 5.26 Å². The van der Waals surface area contributed by atoms with Gasteiger partial charge in [-0.2, -0.15) is 5.26 Å². The number of unbranched alkanes of at least 4 members (excludes halogenated alkanes) is 1. The molecule has 110 valence electrons. The number of nitriles is 1. The first-order valence-electron chi connectivity index (χ1n) is 8.05. The van der Waals surface area contributed by atoms with E-state index in [-0.39, 0.29) is 5.54 Å². The molecule has 0 amide bonds. The summed E-state index contributed by atoms with van der Waals surface area (Å²) in [6.07, 6.45) is 8.91. The van der Waals surface area contributed by atoms with E-state index in [4.69, 9.17) is 0 Å². The number of nitrogens with zero attached hydrogens (tertiary/aromatic N) is 2. The molecule has 1 atom stereocenters. The highest BCUT2D eigenvalue weighted by Crippen LogP contribution is 2.24. The lowest BCUT2D eigenvalue weighted by atomic mass is 9.96. The maximum atomic E-state index is 9.22. The molecule has 0 aromatic rings. The minimum absolute atomic E-state index is 0.334. The lowest BCUT2D eigenvalue weighted by molar-refractivity contribution is 0.202. The number of hydrogen-bond acceptors (Lipinski definition) is 3. The van der Waals surface area contributed by atoms with Crippen LogP contribution in [0.1, 0.15) is 65.7 Å². The van der Waals surface area contributed by atoms with Crippen molar-refractivity contribution in [2.24, 2.45) is 0 Å². The van der Waals surface area contributed by atoms with E-state index in [0.717, 1.165) is 25.4 Å². The molecule has 3 nitrogen and oxygen atoms in total. The van der Waals surface area contributed by atoms with E-state index >= 15 is 0 Å². The maximum absolute atomic E-state index is 9.22. The van der Waals surface area contributed by atoms with Crippen molar-refractivity contribution in [1.82, 2.24) is 10.2 Å². The smallest absolute Gasteiger partial charge is 0.103 e. The zero-order chi connectivity index (χ0) is 14.1. The molecule has 0 aromatic heterocycles. The SMILES string of the molecule is CCNC(C)(C#N)CCCCN(CC)C1CCCC1. The topological polar surface area (TPSA) is 39.1 Å². The van der Waals surface area contributed by atoms with Crippen LogP contribution in [0.5, 0.6) is 0 Å². The molecule has 1 N–H and O–H groups in total. The Balaban J connectivity index is 2.23. The molecule has 3 heteroatoms. The summed E-state index contributed by atoms with van der Waals surface area (Å²) in [7, 11) is 0. The third-order valence-electron chi connectivity index (χ3n) is 4.43. The third-order valence-corrected chi connectivity index (χ3v) is 4.43. The van der Waals surface area contributed by atoms with Crippen LogP contribution in [0.2, 0.25) is 0 Å². The van der Waals surface area contributed by atoms with Gasteiger partial charge in [0.15, 0.2) is 0 Å². The zero-order valence-corrected chi connectivity index (χ0v) is 13.0. The predicted octanol–water partition coefficient (Wildman–Crippen LogP) is 3.31. The van der Waals surface area contributed by atoms with E-state index in [1.165, 1.54) is 45.2 Å². The molecular weight excluding hydrogens is 234 g/mol. The van der Waals surface area contributed by atoms with Gasteiger partial charge in [0.05, 0.1) is 6.07 Å². The third kappa shape index (κ3) is 5.50. The Morgan fingerprint density at radius 1 is 1.26 bits per heavy atom. The first kappa shape index (κ1) is 16.5. The van der Waals surface area contributed by atoms with Crippen molar-refractivity contribution in [2.45, 2.75) is 77.3 Å². The average molecular weight is 265 g/mol. The second-order valence-electron chi connectivity index (χ2n) is 6.00. The lowest BCUT2D eigenvalue weighted by Gasteiger charge is -2.28. The van der Waals surface area contributed by atoms with Crippen LogP contribution in [0.15, 0.2) is 0 Å². The minimum Gasteiger partial charge on any atom is -0.301 e. The van der Waals surface area contributed by atoms with Gasteiger partial charge in [-0.05, 0) is 58.7 Å². The summed E-state index contributed by atoms with van der Waals surface area (Å²) in [5.41, 5.74) is -0.334. The molecule has 1 fully saturated rings. The highest BCUT2D eigenvalue weighted by atomic mass is 15.1. The first-order chi connectivity index (χ1) is 9.15. The molecule has 0 radical (unpaired) electrons. The molecular formula is C16H31N3. The van der Waals surface area contributed by atoms with E-state index in [9.17, 15) is 5.26 Å². The summed E-state index contributed by atoms with van der Waals surface area (Å²) in [5.74, 6) is 0. The molecule has 1 saturated carbocycles. The van der Waals surface area contributed by atoms with Gasteiger partial charge in [0.1, 0.15) is 5.54 Å². The van der Waals surface area contributed by atoms with Crippen LogP contribution in [0.3, 0.4) is 0 Å². The van der Waals surface area contributed by atoms with Gasteiger partial charge in [-0.15, -0.1) is 0 Å². The second kappa shape index (κ2) is 8.55. The van der Waals surface area contributed by atoms with Crippen LogP contribution in [0.25, 0.3) is 0 Å². The Kier molecular flexibility index (Phi) is 7.41. The van der Waals surface area contributed by atoms with Crippen molar-refractivity contribution in [3.05, 3.63) is 0 Å². The van der Waals surface area contributed by atoms with Crippen LogP contribution in [-0.2, 0) is 0 Å². The molecule has 1 aliphatic rings. The Bertz CT molecular complexity index is 278. The molecule has 0 aromatic carbocycles. The fourth-order valence-corrected chi connectivity index (χ4v) is 3.24. The van der Waals surface area contributed by atoms with Gasteiger partial charge in [0, 0.05) is 6.04 Å². The maximum Gasteiger partial charge on any atom is 0.103 e. The van der Waals surface area contributed by atoms with Crippen molar-refractivity contribution in [3.8, 4) is 6.07 Å². The summed E-state index contributed by atoms with van der Waals surface area (Å²) < 4.78 is 0. The predicted molar refractivity (Wildman–Crippen MR) is 81.0 cm³/mol. The normalized spacial score (nSPS) is 19.5. The van der Waals surface area contributed by atoms with E-state index in [2.05, 4.69) is 30.1 Å². The van der Waals surface area contributed by atoms with Crippen LogP contribution in [-0.4, -0.2) is 36.1 Å².